The molecule has 1 aliphatic rings. The number of hydrogen-bond acceptors (Lipinski definition) is 3. The molecule has 0 aromatic carbocycles. The molecule has 0 saturated heterocycles. The fourth-order valence-electron chi connectivity index (χ4n) is 1.70. The van der Waals surface area contributed by atoms with Gasteiger partial charge in [0.1, 0.15) is 0 Å². The summed E-state index contributed by atoms with van der Waals surface area (Å²) in [5, 5.41) is 12.5. The Hall–Kier alpha value is -0.930. The first kappa shape index (κ1) is 9.62. The molecule has 3 heteroatoms. The summed E-state index contributed by atoms with van der Waals surface area (Å²) in [6.45, 7) is 2.80. The summed E-state index contributed by atoms with van der Waals surface area (Å²) in [5.41, 5.74) is 2.13. The minimum absolute atomic E-state index is 0.0852. The van der Waals surface area contributed by atoms with Gasteiger partial charge in [-0.2, -0.15) is 0 Å². The average molecular weight is 192 g/mol. The summed E-state index contributed by atoms with van der Waals surface area (Å²) in [5.74, 6) is 0. The molecule has 1 aromatic heterocycles. The highest BCUT2D eigenvalue weighted by atomic mass is 16.3. The van der Waals surface area contributed by atoms with E-state index in [1.807, 2.05) is 25.1 Å². The van der Waals surface area contributed by atoms with Gasteiger partial charge in [0.2, 0.25) is 0 Å². The average Bonchev–Trinajstić information content (AvgIpc) is 2.11. The van der Waals surface area contributed by atoms with Crippen molar-refractivity contribution in [1.82, 2.24) is 10.3 Å². The van der Waals surface area contributed by atoms with Gasteiger partial charge in [-0.25, -0.2) is 0 Å². The van der Waals surface area contributed by atoms with Crippen LogP contribution in [0.25, 0.3) is 0 Å². The molecule has 1 aromatic rings. The van der Waals surface area contributed by atoms with Crippen LogP contribution in [-0.4, -0.2) is 22.2 Å². The summed E-state index contributed by atoms with van der Waals surface area (Å²) >= 11 is 0. The molecule has 0 radical (unpaired) electrons. The van der Waals surface area contributed by atoms with Crippen molar-refractivity contribution in [2.75, 3.05) is 0 Å². The smallest absolute Gasteiger partial charge is 0.0570 e. The van der Waals surface area contributed by atoms with Crippen molar-refractivity contribution in [3.8, 4) is 0 Å². The first-order valence-electron chi connectivity index (χ1n) is 5.08. The second kappa shape index (κ2) is 4.07. The molecule has 1 aliphatic carbocycles. The van der Waals surface area contributed by atoms with Gasteiger partial charge < -0.3 is 10.4 Å². The third kappa shape index (κ3) is 2.30. The lowest BCUT2D eigenvalue weighted by Crippen LogP contribution is -2.43. The Bertz CT molecular complexity index is 308. The Balaban J connectivity index is 1.80. The second-order valence-corrected chi connectivity index (χ2v) is 3.97. The number of aliphatic hydroxyl groups is 1. The minimum Gasteiger partial charge on any atom is -0.393 e. The fraction of sp³-hybridized carbons (Fsp3) is 0.545. The van der Waals surface area contributed by atoms with Crippen LogP contribution in [0.1, 0.15) is 24.2 Å². The van der Waals surface area contributed by atoms with E-state index in [9.17, 15) is 0 Å². The van der Waals surface area contributed by atoms with E-state index >= 15 is 0 Å². The Morgan fingerprint density at radius 2 is 2.29 bits per heavy atom. The first-order valence-corrected chi connectivity index (χ1v) is 5.08. The third-order valence-corrected chi connectivity index (χ3v) is 2.63. The lowest BCUT2D eigenvalue weighted by Gasteiger charge is -2.32. The summed E-state index contributed by atoms with van der Waals surface area (Å²) in [6, 6.07) is 6.52. The lowest BCUT2D eigenvalue weighted by atomic mass is 9.89. The summed E-state index contributed by atoms with van der Waals surface area (Å²) < 4.78 is 0. The topological polar surface area (TPSA) is 45.1 Å². The highest BCUT2D eigenvalue weighted by Crippen LogP contribution is 2.19. The number of aryl methyl sites for hydroxylation is 1. The standard InChI is InChI=1S/C11H16N2O/c1-8-3-2-4-9(13-8)7-12-10-5-11(14)6-10/h2-4,10-12,14H,5-7H2,1H3. The molecule has 0 amide bonds. The summed E-state index contributed by atoms with van der Waals surface area (Å²) in [6.07, 6.45) is 1.68. The van der Waals surface area contributed by atoms with Crippen molar-refractivity contribution in [3.05, 3.63) is 29.6 Å². The quantitative estimate of drug-likeness (QED) is 0.751. The Kier molecular flexibility index (Phi) is 2.79. The van der Waals surface area contributed by atoms with Gasteiger partial charge in [0, 0.05) is 18.3 Å². The first-order chi connectivity index (χ1) is 6.74. The van der Waals surface area contributed by atoms with Gasteiger partial charge in [-0.3, -0.25) is 4.98 Å². The van der Waals surface area contributed by atoms with Gasteiger partial charge in [-0.15, -0.1) is 0 Å². The van der Waals surface area contributed by atoms with Crippen LogP contribution < -0.4 is 5.32 Å². The Morgan fingerprint density at radius 3 is 2.93 bits per heavy atom. The van der Waals surface area contributed by atoms with Gasteiger partial charge in [0.15, 0.2) is 0 Å². The Morgan fingerprint density at radius 1 is 1.50 bits per heavy atom. The number of rotatable bonds is 3. The highest BCUT2D eigenvalue weighted by molar-refractivity contribution is 5.09. The van der Waals surface area contributed by atoms with E-state index in [1.54, 1.807) is 0 Å². The van der Waals surface area contributed by atoms with Gasteiger partial charge in [-0.05, 0) is 31.9 Å². The predicted molar refractivity (Wildman–Crippen MR) is 54.8 cm³/mol. The number of nitrogens with one attached hydrogen (secondary N) is 1. The number of aromatic nitrogens is 1. The monoisotopic (exact) mass is 192 g/mol. The van der Waals surface area contributed by atoms with Crippen molar-refractivity contribution in [3.63, 3.8) is 0 Å². The van der Waals surface area contributed by atoms with Gasteiger partial charge in [0.25, 0.3) is 0 Å². The molecule has 0 atom stereocenters. The highest BCUT2D eigenvalue weighted by Gasteiger charge is 2.26. The molecule has 1 fully saturated rings. The molecule has 2 rings (SSSR count). The molecule has 14 heavy (non-hydrogen) atoms. The molecular weight excluding hydrogens is 176 g/mol. The molecule has 0 aliphatic heterocycles. The van der Waals surface area contributed by atoms with Crippen LogP contribution in [0.3, 0.4) is 0 Å². The van der Waals surface area contributed by atoms with Crippen LogP contribution in [0.5, 0.6) is 0 Å². The van der Waals surface area contributed by atoms with E-state index in [1.165, 1.54) is 0 Å². The van der Waals surface area contributed by atoms with Crippen LogP contribution in [-0.2, 0) is 6.54 Å². The van der Waals surface area contributed by atoms with Crippen LogP contribution in [0, 0.1) is 6.92 Å². The summed E-state index contributed by atoms with van der Waals surface area (Å²) in [7, 11) is 0. The van der Waals surface area contributed by atoms with Crippen LogP contribution in [0.15, 0.2) is 18.2 Å². The maximum absolute atomic E-state index is 9.10. The maximum atomic E-state index is 9.10. The largest absolute Gasteiger partial charge is 0.393 e. The number of nitrogens with zero attached hydrogens (tertiary/aromatic N) is 1. The van der Waals surface area contributed by atoms with Gasteiger partial charge in [0.05, 0.1) is 11.8 Å². The zero-order valence-electron chi connectivity index (χ0n) is 8.40. The third-order valence-electron chi connectivity index (χ3n) is 2.63. The van der Waals surface area contributed by atoms with Crippen LogP contribution in [0.2, 0.25) is 0 Å². The molecular formula is C11H16N2O. The molecule has 1 heterocycles. The zero-order chi connectivity index (χ0) is 9.97. The Labute approximate surface area is 84.2 Å². The van der Waals surface area contributed by atoms with Gasteiger partial charge in [-0.1, -0.05) is 6.07 Å². The fourth-order valence-corrected chi connectivity index (χ4v) is 1.70. The van der Waals surface area contributed by atoms with E-state index in [0.29, 0.717) is 6.04 Å². The van der Waals surface area contributed by atoms with E-state index in [4.69, 9.17) is 5.11 Å². The minimum atomic E-state index is -0.0852. The van der Waals surface area contributed by atoms with Gasteiger partial charge >= 0.3 is 0 Å². The maximum Gasteiger partial charge on any atom is 0.0570 e. The van der Waals surface area contributed by atoms with Crippen molar-refractivity contribution < 1.29 is 5.11 Å². The molecule has 0 unspecified atom stereocenters. The van der Waals surface area contributed by atoms with E-state index < -0.39 is 0 Å². The molecule has 1 saturated carbocycles. The van der Waals surface area contributed by atoms with E-state index in [0.717, 1.165) is 30.8 Å². The van der Waals surface area contributed by atoms with Crippen molar-refractivity contribution in [2.45, 2.75) is 38.5 Å². The van der Waals surface area contributed by atoms with E-state index in [2.05, 4.69) is 10.3 Å². The molecule has 76 valence electrons. The number of hydrogen-bond donors (Lipinski definition) is 2. The van der Waals surface area contributed by atoms with Crippen molar-refractivity contribution in [1.29, 1.82) is 0 Å². The molecule has 0 spiro atoms. The van der Waals surface area contributed by atoms with Crippen molar-refractivity contribution >= 4 is 0 Å². The van der Waals surface area contributed by atoms with Crippen LogP contribution >= 0.6 is 0 Å². The molecule has 0 bridgehead atoms. The SMILES string of the molecule is Cc1cccc(CNC2CC(O)C2)n1. The molecule has 2 N–H and O–H groups in total. The predicted octanol–water partition coefficient (Wildman–Crippen LogP) is 1.00. The zero-order valence-corrected chi connectivity index (χ0v) is 8.40. The molecule has 3 nitrogen and oxygen atoms in total. The van der Waals surface area contributed by atoms with E-state index in [-0.39, 0.29) is 6.10 Å². The lowest BCUT2D eigenvalue weighted by molar-refractivity contribution is 0.0618. The van der Waals surface area contributed by atoms with Crippen LogP contribution in [0.4, 0.5) is 0 Å². The summed E-state index contributed by atoms with van der Waals surface area (Å²) in [4.78, 5) is 4.40. The van der Waals surface area contributed by atoms with Crippen molar-refractivity contribution in [2.24, 2.45) is 0 Å². The second-order valence-electron chi connectivity index (χ2n) is 3.97. The normalized spacial score (nSPS) is 25.9. The number of aliphatic hydroxyl groups excluding tert-OH is 1. The number of pyridine rings is 1.